The van der Waals surface area contributed by atoms with Crippen LogP contribution in [0.3, 0.4) is 0 Å². The molecule has 2 aromatic rings. The van der Waals surface area contributed by atoms with E-state index in [2.05, 4.69) is 11.9 Å². The number of halogens is 5. The Balaban J connectivity index is 1.62. The number of benzene rings is 2. The van der Waals surface area contributed by atoms with Crippen LogP contribution >= 0.6 is 0 Å². The number of nitrogens with zero attached hydrogens (tertiary/aromatic N) is 3. The van der Waals surface area contributed by atoms with Gasteiger partial charge in [0, 0.05) is 5.56 Å². The van der Waals surface area contributed by atoms with Crippen LogP contribution in [0.4, 0.5) is 22.0 Å². The minimum atomic E-state index is -3.98. The number of rotatable bonds is 4. The van der Waals surface area contributed by atoms with Gasteiger partial charge in [0.2, 0.25) is 0 Å². The first-order valence-corrected chi connectivity index (χ1v) is 11.6. The van der Waals surface area contributed by atoms with Gasteiger partial charge in [-0.1, -0.05) is 23.4 Å². The van der Waals surface area contributed by atoms with E-state index < -0.39 is 64.2 Å². The fourth-order valence-electron chi connectivity index (χ4n) is 4.04. The fraction of sp³-hybridized carbons (Fsp3) is 0.333. The van der Waals surface area contributed by atoms with Crippen molar-refractivity contribution in [3.05, 3.63) is 59.4 Å². The van der Waals surface area contributed by atoms with Crippen LogP contribution in [0.25, 0.3) is 11.1 Å². The molecule has 4 rings (SSSR count). The van der Waals surface area contributed by atoms with Gasteiger partial charge in [-0.3, -0.25) is 0 Å². The van der Waals surface area contributed by atoms with E-state index in [1.54, 1.807) is 0 Å². The first-order chi connectivity index (χ1) is 15.4. The largest absolute Gasteiger partial charge is 0.386 e. The molecular weight excluding hydrogens is 469 g/mol. The summed E-state index contributed by atoms with van der Waals surface area (Å²) in [6, 6.07) is 5.21. The highest BCUT2D eigenvalue weighted by Crippen LogP contribution is 2.40. The third-order valence-electron chi connectivity index (χ3n) is 5.68. The summed E-state index contributed by atoms with van der Waals surface area (Å²) in [5.41, 5.74) is -0.701. The Labute approximate surface area is 186 Å². The molecule has 176 valence electrons. The lowest BCUT2D eigenvalue weighted by molar-refractivity contribution is -0.435. The van der Waals surface area contributed by atoms with Gasteiger partial charge in [0.25, 0.3) is 6.04 Å². The zero-order valence-electron chi connectivity index (χ0n) is 17.3. The van der Waals surface area contributed by atoms with Gasteiger partial charge in [-0.25, -0.2) is 13.2 Å². The van der Waals surface area contributed by atoms with Crippen molar-refractivity contribution in [2.75, 3.05) is 19.3 Å². The lowest BCUT2D eigenvalue weighted by atomic mass is 9.93. The summed E-state index contributed by atoms with van der Waals surface area (Å²) < 4.78 is 96.3. The van der Waals surface area contributed by atoms with Crippen molar-refractivity contribution in [1.82, 2.24) is 4.90 Å². The third-order valence-corrected chi connectivity index (χ3v) is 6.79. The molecule has 2 aliphatic rings. The first kappa shape index (κ1) is 23.1. The van der Waals surface area contributed by atoms with Crippen molar-refractivity contribution in [2.24, 2.45) is 5.16 Å². The second-order valence-corrected chi connectivity index (χ2v) is 9.85. The Hall–Kier alpha value is -3.02. The topological polar surface area (TPSA) is 62.0 Å². The highest BCUT2D eigenvalue weighted by atomic mass is 32.2. The molecule has 2 aliphatic heterocycles. The molecule has 6 nitrogen and oxygen atoms in total. The van der Waals surface area contributed by atoms with Crippen LogP contribution in [-0.2, 0) is 14.9 Å². The number of hydrogen-bond donors (Lipinski definition) is 0. The molecule has 0 saturated carbocycles. The average molecular weight is 488 g/mol. The second-order valence-electron chi connectivity index (χ2n) is 7.91. The van der Waals surface area contributed by atoms with Crippen molar-refractivity contribution in [2.45, 2.75) is 24.5 Å². The molecule has 12 heteroatoms. The molecular formula is C21H19F5N3O3S+. The van der Waals surface area contributed by atoms with Gasteiger partial charge in [0.1, 0.15) is 30.0 Å². The second kappa shape index (κ2) is 8.08. The predicted octanol–water partition coefficient (Wildman–Crippen LogP) is 3.54. The summed E-state index contributed by atoms with van der Waals surface area (Å²) in [5, 5.41) is 3.78. The lowest BCUT2D eigenvalue weighted by Gasteiger charge is -2.18. The van der Waals surface area contributed by atoms with E-state index in [1.807, 2.05) is 0 Å². The summed E-state index contributed by atoms with van der Waals surface area (Å²) in [5.74, 6) is -6.00. The van der Waals surface area contributed by atoms with Crippen LogP contribution in [0.5, 0.6) is 0 Å². The van der Waals surface area contributed by atoms with Gasteiger partial charge in [-0.15, -0.1) is 3.98 Å². The van der Waals surface area contributed by atoms with Crippen molar-refractivity contribution in [3.8, 4) is 11.1 Å². The Kier molecular flexibility index (Phi) is 5.67. The van der Waals surface area contributed by atoms with E-state index in [0.29, 0.717) is 3.98 Å². The van der Waals surface area contributed by atoms with E-state index in [9.17, 15) is 30.4 Å². The van der Waals surface area contributed by atoms with Crippen LogP contribution < -0.4 is 0 Å². The third kappa shape index (κ3) is 4.19. The van der Waals surface area contributed by atoms with Crippen molar-refractivity contribution < 1.29 is 39.2 Å². The average Bonchev–Trinajstić information content (AvgIpc) is 3.30. The smallest absolute Gasteiger partial charge is 0.361 e. The van der Waals surface area contributed by atoms with E-state index in [1.165, 1.54) is 18.2 Å². The molecule has 0 aliphatic carbocycles. The molecule has 1 unspecified atom stereocenters. The van der Waals surface area contributed by atoms with E-state index in [4.69, 9.17) is 4.84 Å². The zero-order chi connectivity index (χ0) is 24.1. The number of oxime groups is 1. The highest BCUT2D eigenvalue weighted by molar-refractivity contribution is 7.84. The maximum absolute atomic E-state index is 14.8. The lowest BCUT2D eigenvalue weighted by Crippen LogP contribution is -2.43. The number of alkyl halides is 2. The van der Waals surface area contributed by atoms with E-state index in [0.717, 1.165) is 29.4 Å². The number of amidine groups is 1. The summed E-state index contributed by atoms with van der Waals surface area (Å²) >= 11 is 0. The molecule has 0 radical (unpaired) electrons. The minimum absolute atomic E-state index is 0.0345. The van der Waals surface area contributed by atoms with Gasteiger partial charge < -0.3 is 9.74 Å². The molecule has 0 amide bonds. The monoisotopic (exact) mass is 488 g/mol. The number of sulfonamides is 1. The molecule has 2 atom stereocenters. The Bertz CT molecular complexity index is 1250. The normalized spacial score (nSPS) is 22.2. The van der Waals surface area contributed by atoms with Crippen LogP contribution in [-0.4, -0.2) is 61.2 Å². The van der Waals surface area contributed by atoms with Crippen molar-refractivity contribution in [1.29, 1.82) is 0 Å². The molecule has 0 aromatic heterocycles. The van der Waals surface area contributed by atoms with Gasteiger partial charge in [-0.2, -0.15) is 17.2 Å². The fourth-order valence-corrected chi connectivity index (χ4v) is 4.72. The molecule has 33 heavy (non-hydrogen) atoms. The van der Waals surface area contributed by atoms with Crippen LogP contribution in [0.1, 0.15) is 18.1 Å². The predicted molar refractivity (Wildman–Crippen MR) is 110 cm³/mol. The van der Waals surface area contributed by atoms with Gasteiger partial charge in [-0.05, 0) is 23.8 Å². The van der Waals surface area contributed by atoms with Crippen molar-refractivity contribution >= 4 is 22.6 Å². The molecule has 0 bridgehead atoms. The van der Waals surface area contributed by atoms with E-state index >= 15 is 0 Å². The van der Waals surface area contributed by atoms with Gasteiger partial charge in [0.05, 0.1) is 31.3 Å². The molecule has 2 heterocycles. The molecule has 0 spiro atoms. The standard InChI is InChI=1S/C21H19F5N3O3S/c1-28(33(2,30)31)17-10-29(11-21(17,25)26)18-9-16(32-27-18)20-12(5-3-6-15(20)24)19-13(22)7-4-8-14(19)23/h3-8,16-17H,1,9-11H2,2H3/q+1/t16?,17-/m1/s1. The molecule has 1 saturated heterocycles. The number of hydrogen-bond acceptors (Lipinski definition) is 5. The maximum atomic E-state index is 14.8. The van der Waals surface area contributed by atoms with Crippen LogP contribution in [0.15, 0.2) is 41.6 Å². The Morgan fingerprint density at radius 1 is 1.12 bits per heavy atom. The summed E-state index contributed by atoms with van der Waals surface area (Å²) in [4.78, 5) is 6.42. The summed E-state index contributed by atoms with van der Waals surface area (Å²) in [7, 11) is -3.98. The maximum Gasteiger partial charge on any atom is 0.361 e. The molecule has 1 fully saturated rings. The van der Waals surface area contributed by atoms with Crippen LogP contribution in [0.2, 0.25) is 0 Å². The Morgan fingerprint density at radius 2 is 1.73 bits per heavy atom. The summed E-state index contributed by atoms with van der Waals surface area (Å²) in [6.07, 6.45) is -0.524. The Morgan fingerprint density at radius 3 is 2.36 bits per heavy atom. The quantitative estimate of drug-likeness (QED) is 0.375. The first-order valence-electron chi connectivity index (χ1n) is 9.78. The molecule has 0 N–H and O–H groups in total. The highest BCUT2D eigenvalue weighted by Gasteiger charge is 2.58. The molecule has 2 aromatic carbocycles. The zero-order valence-corrected chi connectivity index (χ0v) is 18.1. The van der Waals surface area contributed by atoms with E-state index in [-0.39, 0.29) is 23.4 Å². The SMILES string of the molecule is C=[N+]([C@@H]1CN(C2=NOC(c3c(F)cccc3-c3c(F)cccc3F)C2)CC1(F)F)S(C)(=O)=O. The van der Waals surface area contributed by atoms with Crippen LogP contribution in [0, 0.1) is 17.5 Å². The minimum Gasteiger partial charge on any atom is -0.386 e. The van der Waals surface area contributed by atoms with Gasteiger partial charge >= 0.3 is 15.9 Å². The summed E-state index contributed by atoms with van der Waals surface area (Å²) in [6.45, 7) is 1.97. The van der Waals surface area contributed by atoms with Crippen molar-refractivity contribution in [3.63, 3.8) is 0 Å². The van der Waals surface area contributed by atoms with Gasteiger partial charge in [0.15, 0.2) is 6.10 Å². The number of likely N-dealkylation sites (tertiary alicyclic amines) is 1.